The van der Waals surface area contributed by atoms with Gasteiger partial charge in [-0.1, -0.05) is 56.7 Å². The van der Waals surface area contributed by atoms with E-state index in [1.807, 2.05) is 31.2 Å². The quantitative estimate of drug-likeness (QED) is 0.530. The van der Waals surface area contributed by atoms with E-state index in [-0.39, 0.29) is 0 Å². The summed E-state index contributed by atoms with van der Waals surface area (Å²) in [6.07, 6.45) is 2.65. The summed E-state index contributed by atoms with van der Waals surface area (Å²) in [5, 5.41) is 1.09. The minimum atomic E-state index is -0.746. The third-order valence-corrected chi connectivity index (χ3v) is 4.30. The highest BCUT2D eigenvalue weighted by Crippen LogP contribution is 2.29. The largest absolute Gasteiger partial charge is 0.203 e. The maximum atomic E-state index is 14.3. The van der Waals surface area contributed by atoms with E-state index < -0.39 is 11.6 Å². The molecule has 0 atom stereocenters. The fourth-order valence-corrected chi connectivity index (χ4v) is 2.97. The third-order valence-electron chi connectivity index (χ3n) is 4.30. The fraction of sp³-hybridized carbons (Fsp3) is 0.238. The van der Waals surface area contributed by atoms with E-state index in [1.165, 1.54) is 5.56 Å². The van der Waals surface area contributed by atoms with Gasteiger partial charge in [-0.05, 0) is 52.6 Å². The molecule has 3 aromatic carbocycles. The second-order valence-corrected chi connectivity index (χ2v) is 5.90. The molecule has 0 spiro atoms. The number of benzene rings is 3. The van der Waals surface area contributed by atoms with Gasteiger partial charge in [0.2, 0.25) is 0 Å². The summed E-state index contributed by atoms with van der Waals surface area (Å²) in [6, 6.07) is 15.6. The van der Waals surface area contributed by atoms with Crippen molar-refractivity contribution in [2.24, 2.45) is 0 Å². The van der Waals surface area contributed by atoms with Crippen LogP contribution in [0.3, 0.4) is 0 Å². The van der Waals surface area contributed by atoms with Crippen molar-refractivity contribution in [3.8, 4) is 11.1 Å². The lowest BCUT2D eigenvalue weighted by atomic mass is 9.97. The molecule has 0 saturated carbocycles. The molecule has 23 heavy (non-hydrogen) atoms. The summed E-state index contributed by atoms with van der Waals surface area (Å²) < 4.78 is 28.4. The molecule has 0 amide bonds. The maximum absolute atomic E-state index is 14.3. The normalized spacial score (nSPS) is 11.1. The molecular weight excluding hydrogens is 290 g/mol. The Labute approximate surface area is 135 Å². The van der Waals surface area contributed by atoms with Crippen LogP contribution >= 0.6 is 0 Å². The molecule has 3 rings (SSSR count). The standard InChI is InChI=1S/C21H20F2/c1-3-5-14-6-8-16(9-7-14)17-10-11-18-12-15(4-2)20(22)21(23)19(18)13-17/h6-13H,3-5H2,1-2H3. The van der Waals surface area contributed by atoms with Crippen LogP contribution in [-0.4, -0.2) is 0 Å². The molecule has 0 saturated heterocycles. The van der Waals surface area contributed by atoms with Crippen molar-refractivity contribution in [3.05, 3.63) is 71.3 Å². The van der Waals surface area contributed by atoms with E-state index in [0.29, 0.717) is 17.4 Å². The van der Waals surface area contributed by atoms with E-state index in [1.54, 1.807) is 12.1 Å². The predicted molar refractivity (Wildman–Crippen MR) is 92.7 cm³/mol. The lowest BCUT2D eigenvalue weighted by Crippen LogP contribution is -1.95. The van der Waals surface area contributed by atoms with Gasteiger partial charge in [-0.25, -0.2) is 8.78 Å². The highest BCUT2D eigenvalue weighted by Gasteiger charge is 2.13. The zero-order valence-corrected chi connectivity index (χ0v) is 13.5. The number of rotatable bonds is 4. The van der Waals surface area contributed by atoms with Gasteiger partial charge in [0.25, 0.3) is 0 Å². The van der Waals surface area contributed by atoms with Crippen LogP contribution < -0.4 is 0 Å². The molecule has 3 aromatic rings. The summed E-state index contributed by atoms with van der Waals surface area (Å²) in [6.45, 7) is 3.98. The summed E-state index contributed by atoms with van der Waals surface area (Å²) in [4.78, 5) is 0. The van der Waals surface area contributed by atoms with Crippen LogP contribution in [-0.2, 0) is 12.8 Å². The lowest BCUT2D eigenvalue weighted by molar-refractivity contribution is 0.508. The van der Waals surface area contributed by atoms with Gasteiger partial charge in [0.15, 0.2) is 11.6 Å². The first-order valence-corrected chi connectivity index (χ1v) is 8.14. The van der Waals surface area contributed by atoms with Crippen LogP contribution in [0.25, 0.3) is 21.9 Å². The van der Waals surface area contributed by atoms with Crippen LogP contribution in [0.1, 0.15) is 31.4 Å². The number of hydrogen-bond donors (Lipinski definition) is 0. The van der Waals surface area contributed by atoms with Gasteiger partial charge >= 0.3 is 0 Å². The second-order valence-electron chi connectivity index (χ2n) is 5.90. The zero-order chi connectivity index (χ0) is 16.4. The number of hydrogen-bond acceptors (Lipinski definition) is 0. The number of aryl methyl sites for hydroxylation is 2. The molecule has 0 aliphatic heterocycles. The maximum Gasteiger partial charge on any atom is 0.166 e. The Morgan fingerprint density at radius 1 is 0.783 bits per heavy atom. The first-order valence-electron chi connectivity index (χ1n) is 8.14. The Hall–Kier alpha value is -2.22. The van der Waals surface area contributed by atoms with Crippen molar-refractivity contribution in [1.29, 1.82) is 0 Å². The Morgan fingerprint density at radius 2 is 1.48 bits per heavy atom. The van der Waals surface area contributed by atoms with Crippen molar-refractivity contribution in [2.45, 2.75) is 33.1 Å². The lowest BCUT2D eigenvalue weighted by Gasteiger charge is -2.09. The minimum absolute atomic E-state index is 0.342. The second kappa shape index (κ2) is 6.49. The molecule has 2 heteroatoms. The van der Waals surface area contributed by atoms with Crippen LogP contribution in [0.2, 0.25) is 0 Å². The van der Waals surface area contributed by atoms with Gasteiger partial charge < -0.3 is 0 Å². The van der Waals surface area contributed by atoms with E-state index in [0.717, 1.165) is 29.4 Å². The Kier molecular flexibility index (Phi) is 4.42. The first kappa shape index (κ1) is 15.7. The van der Waals surface area contributed by atoms with Crippen LogP contribution in [0.4, 0.5) is 8.78 Å². The summed E-state index contributed by atoms with van der Waals surface area (Å²) in [5.41, 5.74) is 3.64. The summed E-state index contributed by atoms with van der Waals surface area (Å²) in [5.74, 6) is -1.47. The van der Waals surface area contributed by atoms with Crippen molar-refractivity contribution in [1.82, 2.24) is 0 Å². The van der Waals surface area contributed by atoms with Crippen LogP contribution in [0.15, 0.2) is 48.5 Å². The average molecular weight is 310 g/mol. The Bertz CT molecular complexity index is 833. The molecule has 0 aromatic heterocycles. The number of fused-ring (bicyclic) bond motifs is 1. The van der Waals surface area contributed by atoms with Crippen LogP contribution in [0, 0.1) is 11.6 Å². The summed E-state index contributed by atoms with van der Waals surface area (Å²) >= 11 is 0. The van der Waals surface area contributed by atoms with Gasteiger partial charge in [0.1, 0.15) is 0 Å². The molecule has 0 radical (unpaired) electrons. The van der Waals surface area contributed by atoms with Gasteiger partial charge in [0, 0.05) is 5.39 Å². The zero-order valence-electron chi connectivity index (χ0n) is 13.5. The topological polar surface area (TPSA) is 0 Å². The van der Waals surface area contributed by atoms with Gasteiger partial charge in [-0.2, -0.15) is 0 Å². The summed E-state index contributed by atoms with van der Waals surface area (Å²) in [7, 11) is 0. The number of halogens is 2. The van der Waals surface area contributed by atoms with Gasteiger partial charge in [-0.15, -0.1) is 0 Å². The predicted octanol–water partition coefficient (Wildman–Crippen LogP) is 6.30. The Morgan fingerprint density at radius 3 is 2.13 bits per heavy atom. The highest BCUT2D eigenvalue weighted by molar-refractivity contribution is 5.88. The molecule has 0 N–H and O–H groups in total. The van der Waals surface area contributed by atoms with Crippen molar-refractivity contribution in [3.63, 3.8) is 0 Å². The third kappa shape index (κ3) is 2.98. The van der Waals surface area contributed by atoms with E-state index in [4.69, 9.17) is 0 Å². The smallest absolute Gasteiger partial charge is 0.166 e. The first-order chi connectivity index (χ1) is 11.1. The minimum Gasteiger partial charge on any atom is -0.203 e. The Balaban J connectivity index is 2.07. The molecule has 118 valence electrons. The van der Waals surface area contributed by atoms with Crippen molar-refractivity contribution < 1.29 is 8.78 Å². The van der Waals surface area contributed by atoms with E-state index >= 15 is 0 Å². The monoisotopic (exact) mass is 310 g/mol. The van der Waals surface area contributed by atoms with Gasteiger partial charge in [0.05, 0.1) is 0 Å². The van der Waals surface area contributed by atoms with Crippen molar-refractivity contribution >= 4 is 10.8 Å². The molecule has 0 fully saturated rings. The van der Waals surface area contributed by atoms with Crippen molar-refractivity contribution in [2.75, 3.05) is 0 Å². The van der Waals surface area contributed by atoms with E-state index in [2.05, 4.69) is 19.1 Å². The SMILES string of the molecule is CCCc1ccc(-c2ccc3cc(CC)c(F)c(F)c3c2)cc1. The molecule has 0 bridgehead atoms. The molecular formula is C21H20F2. The van der Waals surface area contributed by atoms with Crippen LogP contribution in [0.5, 0.6) is 0 Å². The molecule has 0 aliphatic rings. The highest BCUT2D eigenvalue weighted by atomic mass is 19.2. The van der Waals surface area contributed by atoms with Gasteiger partial charge in [-0.3, -0.25) is 0 Å². The molecule has 0 aliphatic carbocycles. The fourth-order valence-electron chi connectivity index (χ4n) is 2.97. The molecule has 0 heterocycles. The molecule has 0 unspecified atom stereocenters. The van der Waals surface area contributed by atoms with E-state index in [9.17, 15) is 8.78 Å². The molecule has 0 nitrogen and oxygen atoms in total. The average Bonchev–Trinajstić information content (AvgIpc) is 2.59.